The van der Waals surface area contributed by atoms with Gasteiger partial charge in [-0.2, -0.15) is 5.26 Å². The maximum absolute atomic E-state index is 9.22. The van der Waals surface area contributed by atoms with Crippen LogP contribution in [0.3, 0.4) is 0 Å². The third-order valence-electron chi connectivity index (χ3n) is 3.13. The van der Waals surface area contributed by atoms with E-state index >= 15 is 0 Å². The summed E-state index contributed by atoms with van der Waals surface area (Å²) in [5.74, 6) is 0.304. The van der Waals surface area contributed by atoms with Crippen LogP contribution in [0.4, 0.5) is 0 Å². The highest BCUT2D eigenvalue weighted by molar-refractivity contribution is 4.95. The summed E-state index contributed by atoms with van der Waals surface area (Å²) in [5.41, 5.74) is 0. The molecular formula is C12H22N2O. The van der Waals surface area contributed by atoms with Gasteiger partial charge in [0.2, 0.25) is 0 Å². The van der Waals surface area contributed by atoms with Gasteiger partial charge in [-0.3, -0.25) is 4.90 Å². The van der Waals surface area contributed by atoms with Crippen LogP contribution in [0.1, 0.15) is 32.6 Å². The number of nitrogens with zero attached hydrogens (tertiary/aromatic N) is 2. The van der Waals surface area contributed by atoms with Crippen LogP contribution in [0.2, 0.25) is 0 Å². The van der Waals surface area contributed by atoms with Crippen LogP contribution in [-0.4, -0.2) is 37.7 Å². The Bertz CT molecular complexity index is 204. The molecule has 1 aliphatic rings. The fourth-order valence-corrected chi connectivity index (χ4v) is 2.30. The van der Waals surface area contributed by atoms with Crippen LogP contribution in [-0.2, 0) is 4.74 Å². The van der Waals surface area contributed by atoms with Gasteiger partial charge in [-0.15, -0.1) is 0 Å². The van der Waals surface area contributed by atoms with Crippen LogP contribution in [0.25, 0.3) is 0 Å². The summed E-state index contributed by atoms with van der Waals surface area (Å²) in [6, 6.07) is 2.46. The standard InChI is InChI=1S/C12H22N2O/c1-11(10-15-2)12(9-13)14-7-5-3-4-6-8-14/h11-12H,3-8,10H2,1-2H3. The minimum Gasteiger partial charge on any atom is -0.384 e. The molecule has 0 radical (unpaired) electrons. The second kappa shape index (κ2) is 6.81. The first-order chi connectivity index (χ1) is 7.29. The molecule has 1 fully saturated rings. The van der Waals surface area contributed by atoms with E-state index in [0.29, 0.717) is 12.5 Å². The van der Waals surface area contributed by atoms with Crippen LogP contribution in [0, 0.1) is 17.2 Å². The van der Waals surface area contributed by atoms with Gasteiger partial charge in [0.05, 0.1) is 12.7 Å². The number of methoxy groups -OCH3 is 1. The Morgan fingerprint density at radius 2 is 1.87 bits per heavy atom. The first kappa shape index (κ1) is 12.5. The Labute approximate surface area is 93.0 Å². The highest BCUT2D eigenvalue weighted by Crippen LogP contribution is 2.17. The molecular weight excluding hydrogens is 188 g/mol. The molecule has 0 aromatic carbocycles. The fourth-order valence-electron chi connectivity index (χ4n) is 2.30. The summed E-state index contributed by atoms with van der Waals surface area (Å²) in [5, 5.41) is 9.22. The van der Waals surface area contributed by atoms with Crippen LogP contribution >= 0.6 is 0 Å². The van der Waals surface area contributed by atoms with Crippen LogP contribution in [0.5, 0.6) is 0 Å². The molecule has 15 heavy (non-hydrogen) atoms. The van der Waals surface area contributed by atoms with Crippen molar-refractivity contribution in [2.75, 3.05) is 26.8 Å². The quantitative estimate of drug-likeness (QED) is 0.712. The average molecular weight is 210 g/mol. The average Bonchev–Trinajstić information content (AvgIpc) is 2.48. The lowest BCUT2D eigenvalue weighted by Gasteiger charge is -2.29. The molecule has 2 atom stereocenters. The van der Waals surface area contributed by atoms with Crippen molar-refractivity contribution in [1.29, 1.82) is 5.26 Å². The van der Waals surface area contributed by atoms with E-state index in [0.717, 1.165) is 13.1 Å². The van der Waals surface area contributed by atoms with Crippen molar-refractivity contribution in [3.63, 3.8) is 0 Å². The molecule has 1 saturated heterocycles. The predicted molar refractivity (Wildman–Crippen MR) is 60.5 cm³/mol. The van der Waals surface area contributed by atoms with E-state index in [4.69, 9.17) is 4.74 Å². The topological polar surface area (TPSA) is 36.3 Å². The van der Waals surface area contributed by atoms with E-state index in [1.807, 2.05) is 0 Å². The fraction of sp³-hybridized carbons (Fsp3) is 0.917. The molecule has 0 aromatic rings. The van der Waals surface area contributed by atoms with E-state index in [1.54, 1.807) is 7.11 Å². The molecule has 1 heterocycles. The van der Waals surface area contributed by atoms with Gasteiger partial charge in [0.25, 0.3) is 0 Å². The Kier molecular flexibility index (Phi) is 5.67. The first-order valence-corrected chi connectivity index (χ1v) is 5.92. The number of ether oxygens (including phenoxy) is 1. The van der Waals surface area contributed by atoms with Gasteiger partial charge in [-0.1, -0.05) is 19.8 Å². The van der Waals surface area contributed by atoms with E-state index in [-0.39, 0.29) is 6.04 Å². The molecule has 0 N–H and O–H groups in total. The van der Waals surface area contributed by atoms with Crippen molar-refractivity contribution >= 4 is 0 Å². The Balaban J connectivity index is 2.52. The van der Waals surface area contributed by atoms with Crippen molar-refractivity contribution in [2.24, 2.45) is 5.92 Å². The van der Waals surface area contributed by atoms with Crippen molar-refractivity contribution in [3.05, 3.63) is 0 Å². The largest absolute Gasteiger partial charge is 0.384 e. The van der Waals surface area contributed by atoms with Gasteiger partial charge in [0.15, 0.2) is 0 Å². The maximum Gasteiger partial charge on any atom is 0.103 e. The lowest BCUT2D eigenvalue weighted by molar-refractivity contribution is 0.106. The van der Waals surface area contributed by atoms with E-state index < -0.39 is 0 Å². The lowest BCUT2D eigenvalue weighted by Crippen LogP contribution is -2.40. The van der Waals surface area contributed by atoms with Crippen LogP contribution < -0.4 is 0 Å². The Morgan fingerprint density at radius 3 is 2.33 bits per heavy atom. The number of hydrogen-bond acceptors (Lipinski definition) is 3. The molecule has 0 amide bonds. The second-order valence-corrected chi connectivity index (χ2v) is 4.46. The van der Waals surface area contributed by atoms with Gasteiger partial charge < -0.3 is 4.74 Å². The minimum absolute atomic E-state index is 0.0306. The monoisotopic (exact) mass is 210 g/mol. The van der Waals surface area contributed by atoms with Gasteiger partial charge >= 0.3 is 0 Å². The SMILES string of the molecule is COCC(C)C(C#N)N1CCCCCC1. The number of likely N-dealkylation sites (tertiary alicyclic amines) is 1. The molecule has 0 aromatic heterocycles. The minimum atomic E-state index is 0.0306. The third kappa shape index (κ3) is 3.81. The zero-order valence-corrected chi connectivity index (χ0v) is 9.91. The summed E-state index contributed by atoms with van der Waals surface area (Å²) < 4.78 is 5.13. The summed E-state index contributed by atoms with van der Waals surface area (Å²) in [6.45, 7) is 4.93. The molecule has 1 aliphatic heterocycles. The highest BCUT2D eigenvalue weighted by atomic mass is 16.5. The molecule has 0 aliphatic carbocycles. The molecule has 0 saturated carbocycles. The highest BCUT2D eigenvalue weighted by Gasteiger charge is 2.24. The van der Waals surface area contributed by atoms with Gasteiger partial charge in [-0.05, 0) is 25.9 Å². The molecule has 86 valence electrons. The molecule has 0 bridgehead atoms. The molecule has 0 spiro atoms. The lowest BCUT2D eigenvalue weighted by atomic mass is 10.0. The summed E-state index contributed by atoms with van der Waals surface area (Å²) >= 11 is 0. The molecule has 3 nitrogen and oxygen atoms in total. The zero-order valence-electron chi connectivity index (χ0n) is 9.91. The Hall–Kier alpha value is -0.590. The maximum atomic E-state index is 9.22. The molecule has 1 rings (SSSR count). The predicted octanol–water partition coefficient (Wildman–Crippen LogP) is 2.04. The molecule has 3 heteroatoms. The van der Waals surface area contributed by atoms with Crippen molar-refractivity contribution in [2.45, 2.75) is 38.6 Å². The van der Waals surface area contributed by atoms with E-state index in [2.05, 4.69) is 17.9 Å². The Morgan fingerprint density at radius 1 is 1.27 bits per heavy atom. The number of nitriles is 1. The van der Waals surface area contributed by atoms with Gasteiger partial charge in [0.1, 0.15) is 6.04 Å². The normalized spacial score (nSPS) is 22.7. The summed E-state index contributed by atoms with van der Waals surface area (Å²) in [6.07, 6.45) is 5.09. The summed E-state index contributed by atoms with van der Waals surface area (Å²) in [7, 11) is 1.70. The smallest absolute Gasteiger partial charge is 0.103 e. The first-order valence-electron chi connectivity index (χ1n) is 5.92. The van der Waals surface area contributed by atoms with Crippen LogP contribution in [0.15, 0.2) is 0 Å². The molecule has 2 unspecified atom stereocenters. The van der Waals surface area contributed by atoms with E-state index in [1.165, 1.54) is 25.7 Å². The van der Waals surface area contributed by atoms with Gasteiger partial charge in [0, 0.05) is 13.0 Å². The zero-order chi connectivity index (χ0) is 11.1. The van der Waals surface area contributed by atoms with Crippen molar-refractivity contribution in [3.8, 4) is 6.07 Å². The number of rotatable bonds is 4. The second-order valence-electron chi connectivity index (χ2n) is 4.46. The third-order valence-corrected chi connectivity index (χ3v) is 3.13. The van der Waals surface area contributed by atoms with Gasteiger partial charge in [-0.25, -0.2) is 0 Å². The summed E-state index contributed by atoms with van der Waals surface area (Å²) in [4.78, 5) is 2.33. The van der Waals surface area contributed by atoms with Crippen molar-refractivity contribution < 1.29 is 4.74 Å². The van der Waals surface area contributed by atoms with E-state index in [9.17, 15) is 5.26 Å². The van der Waals surface area contributed by atoms with Crippen molar-refractivity contribution in [1.82, 2.24) is 4.90 Å². The number of hydrogen-bond donors (Lipinski definition) is 0.